The molecule has 96 valence electrons. The third-order valence-corrected chi connectivity index (χ3v) is 3.42. The Morgan fingerprint density at radius 3 is 2.84 bits per heavy atom. The van der Waals surface area contributed by atoms with Crippen LogP contribution < -0.4 is 0 Å². The third kappa shape index (κ3) is 2.25. The summed E-state index contributed by atoms with van der Waals surface area (Å²) in [5.41, 5.74) is 3.48. The van der Waals surface area contributed by atoms with E-state index >= 15 is 0 Å². The second-order valence-electron chi connectivity index (χ2n) is 4.65. The molecule has 2 aromatic rings. The highest BCUT2D eigenvalue weighted by Gasteiger charge is 2.19. The Labute approximate surface area is 111 Å². The first-order valence-electron chi connectivity index (χ1n) is 6.30. The van der Waals surface area contributed by atoms with Gasteiger partial charge in [0.05, 0.1) is 11.8 Å². The SMILES string of the molecule is COC1C=Cc2[nH]c(C(=O)c3ccccc3)cc2C1. The molecule has 19 heavy (non-hydrogen) atoms. The highest BCUT2D eigenvalue weighted by molar-refractivity contribution is 6.08. The van der Waals surface area contributed by atoms with E-state index < -0.39 is 0 Å². The van der Waals surface area contributed by atoms with Crippen LogP contribution in [0.5, 0.6) is 0 Å². The number of methoxy groups -OCH3 is 1. The number of ether oxygens (including phenoxy) is 1. The molecule has 0 radical (unpaired) electrons. The molecule has 1 aliphatic carbocycles. The molecule has 1 aromatic heterocycles. The highest BCUT2D eigenvalue weighted by atomic mass is 16.5. The zero-order valence-corrected chi connectivity index (χ0v) is 10.7. The number of hydrogen-bond donors (Lipinski definition) is 1. The molecule has 1 unspecified atom stereocenters. The molecular formula is C16H15NO2. The molecule has 0 spiro atoms. The van der Waals surface area contributed by atoms with Gasteiger partial charge >= 0.3 is 0 Å². The van der Waals surface area contributed by atoms with E-state index in [9.17, 15) is 4.79 Å². The second-order valence-corrected chi connectivity index (χ2v) is 4.65. The van der Waals surface area contributed by atoms with E-state index in [1.807, 2.05) is 48.6 Å². The fraction of sp³-hybridized carbons (Fsp3) is 0.188. The van der Waals surface area contributed by atoms with Crippen LogP contribution in [-0.4, -0.2) is 24.0 Å². The van der Waals surface area contributed by atoms with Crippen LogP contribution in [0.3, 0.4) is 0 Å². The minimum absolute atomic E-state index is 0.0253. The Kier molecular flexibility index (Phi) is 3.05. The first kappa shape index (κ1) is 11.9. The lowest BCUT2D eigenvalue weighted by Crippen LogP contribution is -2.13. The molecule has 1 N–H and O–H groups in total. The topological polar surface area (TPSA) is 42.1 Å². The molecule has 1 aliphatic rings. The van der Waals surface area contributed by atoms with Gasteiger partial charge in [-0.3, -0.25) is 4.79 Å². The Bertz CT molecular complexity index is 625. The average molecular weight is 253 g/mol. The third-order valence-electron chi connectivity index (χ3n) is 3.42. The van der Waals surface area contributed by atoms with Crippen LogP contribution in [0, 0.1) is 0 Å². The van der Waals surface area contributed by atoms with Gasteiger partial charge in [-0.25, -0.2) is 0 Å². The predicted molar refractivity (Wildman–Crippen MR) is 74.2 cm³/mol. The summed E-state index contributed by atoms with van der Waals surface area (Å²) >= 11 is 0. The summed E-state index contributed by atoms with van der Waals surface area (Å²) in [7, 11) is 1.70. The van der Waals surface area contributed by atoms with Gasteiger partial charge in [0.1, 0.15) is 0 Å². The van der Waals surface area contributed by atoms with Crippen LogP contribution in [0.2, 0.25) is 0 Å². The number of rotatable bonds is 3. The normalized spacial score (nSPS) is 17.2. The Balaban J connectivity index is 1.91. The zero-order valence-electron chi connectivity index (χ0n) is 10.7. The van der Waals surface area contributed by atoms with Crippen molar-refractivity contribution < 1.29 is 9.53 Å². The molecule has 0 aliphatic heterocycles. The summed E-state index contributed by atoms with van der Waals surface area (Å²) in [6.45, 7) is 0. The van der Waals surface area contributed by atoms with Crippen molar-refractivity contribution in [1.82, 2.24) is 4.98 Å². The van der Waals surface area contributed by atoms with Gasteiger partial charge in [-0.15, -0.1) is 0 Å². The first-order valence-corrected chi connectivity index (χ1v) is 6.30. The van der Waals surface area contributed by atoms with E-state index in [4.69, 9.17) is 4.74 Å². The molecule has 1 atom stereocenters. The Morgan fingerprint density at radius 1 is 1.32 bits per heavy atom. The van der Waals surface area contributed by atoms with E-state index in [0.29, 0.717) is 11.3 Å². The number of aromatic amines is 1. The van der Waals surface area contributed by atoms with Gasteiger partial charge in [0.15, 0.2) is 0 Å². The van der Waals surface area contributed by atoms with E-state index in [-0.39, 0.29) is 11.9 Å². The van der Waals surface area contributed by atoms with Crippen molar-refractivity contribution in [3.8, 4) is 0 Å². The summed E-state index contributed by atoms with van der Waals surface area (Å²) < 4.78 is 5.32. The fourth-order valence-electron chi connectivity index (χ4n) is 2.35. The van der Waals surface area contributed by atoms with Crippen LogP contribution in [0.1, 0.15) is 27.3 Å². The van der Waals surface area contributed by atoms with E-state index in [1.165, 1.54) is 0 Å². The zero-order chi connectivity index (χ0) is 13.2. The number of carbonyl (C=O) groups excluding carboxylic acids is 1. The van der Waals surface area contributed by atoms with Gasteiger partial charge in [0.25, 0.3) is 0 Å². The minimum atomic E-state index is 0.0253. The van der Waals surface area contributed by atoms with Crippen LogP contribution in [0.4, 0.5) is 0 Å². The maximum absolute atomic E-state index is 12.3. The molecule has 3 heteroatoms. The summed E-state index contributed by atoms with van der Waals surface area (Å²) in [6.07, 6.45) is 4.90. The van der Waals surface area contributed by atoms with Crippen molar-refractivity contribution in [2.45, 2.75) is 12.5 Å². The lowest BCUT2D eigenvalue weighted by molar-refractivity contribution is 0.103. The van der Waals surface area contributed by atoms with Crippen molar-refractivity contribution in [3.05, 3.63) is 65.0 Å². The maximum atomic E-state index is 12.3. The van der Waals surface area contributed by atoms with Crippen molar-refractivity contribution in [1.29, 1.82) is 0 Å². The molecule has 0 fully saturated rings. The van der Waals surface area contributed by atoms with Gasteiger partial charge < -0.3 is 9.72 Å². The van der Waals surface area contributed by atoms with Gasteiger partial charge in [-0.2, -0.15) is 0 Å². The number of H-pyrrole nitrogens is 1. The Hall–Kier alpha value is -2.13. The molecule has 0 saturated carbocycles. The van der Waals surface area contributed by atoms with E-state index in [2.05, 4.69) is 4.98 Å². The summed E-state index contributed by atoms with van der Waals surface area (Å²) in [5, 5.41) is 0. The smallest absolute Gasteiger partial charge is 0.209 e. The molecule has 0 amide bonds. The van der Waals surface area contributed by atoms with E-state index in [0.717, 1.165) is 17.7 Å². The van der Waals surface area contributed by atoms with Crippen molar-refractivity contribution in [3.63, 3.8) is 0 Å². The lowest BCUT2D eigenvalue weighted by atomic mass is 10.0. The molecule has 0 saturated heterocycles. The van der Waals surface area contributed by atoms with Crippen molar-refractivity contribution in [2.75, 3.05) is 7.11 Å². The molecular weight excluding hydrogens is 238 g/mol. The van der Waals surface area contributed by atoms with Crippen molar-refractivity contribution >= 4 is 11.9 Å². The monoisotopic (exact) mass is 253 g/mol. The van der Waals surface area contributed by atoms with Crippen molar-refractivity contribution in [2.24, 2.45) is 0 Å². The van der Waals surface area contributed by atoms with Gasteiger partial charge in [0, 0.05) is 24.8 Å². The quantitative estimate of drug-likeness (QED) is 0.855. The highest BCUT2D eigenvalue weighted by Crippen LogP contribution is 2.22. The number of benzene rings is 1. The van der Waals surface area contributed by atoms with E-state index in [1.54, 1.807) is 7.11 Å². The summed E-state index contributed by atoms with van der Waals surface area (Å²) in [6, 6.07) is 11.2. The number of nitrogens with one attached hydrogen (secondary N) is 1. The number of carbonyl (C=O) groups is 1. The summed E-state index contributed by atoms with van der Waals surface area (Å²) in [5.74, 6) is 0.0253. The minimum Gasteiger partial charge on any atom is -0.377 e. The Morgan fingerprint density at radius 2 is 2.11 bits per heavy atom. The number of ketones is 1. The molecule has 1 aromatic carbocycles. The fourth-order valence-corrected chi connectivity index (χ4v) is 2.35. The predicted octanol–water partition coefficient (Wildman–Crippen LogP) is 2.83. The van der Waals surface area contributed by atoms with Gasteiger partial charge in [0.2, 0.25) is 5.78 Å². The van der Waals surface area contributed by atoms with Crippen LogP contribution in [0.15, 0.2) is 42.5 Å². The van der Waals surface area contributed by atoms with Gasteiger partial charge in [-0.1, -0.05) is 36.4 Å². The lowest BCUT2D eigenvalue weighted by Gasteiger charge is -2.14. The first-order chi connectivity index (χ1) is 9.28. The number of aromatic nitrogens is 1. The van der Waals surface area contributed by atoms with Gasteiger partial charge in [-0.05, 0) is 17.7 Å². The average Bonchev–Trinajstić information content (AvgIpc) is 2.90. The molecule has 3 rings (SSSR count). The second kappa shape index (κ2) is 4.86. The maximum Gasteiger partial charge on any atom is 0.209 e. The molecule has 3 nitrogen and oxygen atoms in total. The van der Waals surface area contributed by atoms with Crippen LogP contribution in [-0.2, 0) is 11.2 Å². The number of fused-ring (bicyclic) bond motifs is 1. The molecule has 1 heterocycles. The number of hydrogen-bond acceptors (Lipinski definition) is 2. The standard InChI is InChI=1S/C16H15NO2/c1-19-13-7-8-14-12(9-13)10-15(17-14)16(18)11-5-3-2-4-6-11/h2-8,10,13,17H,9H2,1H3. The van der Waals surface area contributed by atoms with Crippen LogP contribution >= 0.6 is 0 Å². The summed E-state index contributed by atoms with van der Waals surface area (Å²) in [4.78, 5) is 15.5. The van der Waals surface area contributed by atoms with Crippen LogP contribution in [0.25, 0.3) is 6.08 Å². The largest absolute Gasteiger partial charge is 0.377 e. The molecule has 0 bridgehead atoms.